The van der Waals surface area contributed by atoms with E-state index in [4.69, 9.17) is 5.73 Å². The first kappa shape index (κ1) is 17.1. The van der Waals surface area contributed by atoms with Crippen molar-refractivity contribution in [3.05, 3.63) is 4.88 Å². The Hall–Kier alpha value is -0.950. The highest BCUT2D eigenvalue weighted by molar-refractivity contribution is 7.98. The second kappa shape index (κ2) is 7.73. The van der Waals surface area contributed by atoms with E-state index in [1.54, 1.807) is 0 Å². The van der Waals surface area contributed by atoms with Crippen molar-refractivity contribution in [2.75, 3.05) is 29.6 Å². The van der Waals surface area contributed by atoms with E-state index >= 15 is 0 Å². The molecule has 4 N–H and O–H groups in total. The lowest BCUT2D eigenvalue weighted by molar-refractivity contribution is 0.0958. The molecule has 0 unspecified atom stereocenters. The molecule has 0 saturated heterocycles. The summed E-state index contributed by atoms with van der Waals surface area (Å²) in [4.78, 5) is 16.7. The summed E-state index contributed by atoms with van der Waals surface area (Å²) in [6.07, 6.45) is 4.18. The highest BCUT2D eigenvalue weighted by atomic mass is 32.2. The lowest BCUT2D eigenvalue weighted by Crippen LogP contribution is -2.25. The van der Waals surface area contributed by atoms with E-state index in [-0.39, 0.29) is 11.4 Å². The summed E-state index contributed by atoms with van der Waals surface area (Å²) in [7, 11) is 0. The molecule has 1 heterocycles. The van der Waals surface area contributed by atoms with Crippen molar-refractivity contribution in [1.29, 1.82) is 0 Å². The summed E-state index contributed by atoms with van der Waals surface area (Å²) in [5.74, 6) is 1.28. The smallest absolute Gasteiger partial charge is 0.265 e. The Morgan fingerprint density at radius 3 is 2.70 bits per heavy atom. The van der Waals surface area contributed by atoms with Gasteiger partial charge in [-0.2, -0.15) is 11.8 Å². The summed E-state index contributed by atoms with van der Waals surface area (Å²) in [5.41, 5.74) is 5.71. The van der Waals surface area contributed by atoms with Crippen molar-refractivity contribution < 1.29 is 4.79 Å². The first-order valence-corrected chi connectivity index (χ1v) is 8.86. The average molecular weight is 316 g/mol. The van der Waals surface area contributed by atoms with Gasteiger partial charge in [0.2, 0.25) is 0 Å². The van der Waals surface area contributed by atoms with Crippen molar-refractivity contribution in [2.45, 2.75) is 39.2 Å². The van der Waals surface area contributed by atoms with Crippen LogP contribution in [0.15, 0.2) is 0 Å². The second-order valence-electron chi connectivity index (χ2n) is 5.56. The highest BCUT2D eigenvalue weighted by Gasteiger charge is 2.18. The van der Waals surface area contributed by atoms with E-state index < -0.39 is 0 Å². The maximum absolute atomic E-state index is 12.0. The van der Waals surface area contributed by atoms with Gasteiger partial charge in [0.25, 0.3) is 5.91 Å². The number of carbonyl (C=O) groups is 1. The summed E-state index contributed by atoms with van der Waals surface area (Å²) >= 11 is 3.12. The number of thiazole rings is 1. The number of amides is 1. The van der Waals surface area contributed by atoms with E-state index in [1.165, 1.54) is 11.3 Å². The lowest BCUT2D eigenvalue weighted by atomic mass is 10.1. The maximum Gasteiger partial charge on any atom is 0.265 e. The van der Waals surface area contributed by atoms with Crippen LogP contribution >= 0.6 is 23.1 Å². The molecule has 1 rings (SSSR count). The standard InChI is InChI=1S/C13H24N4OS2/c1-13(2,3)17-12-16-10(14)9(20-12)11(18)15-7-5-6-8-19-4/h5-8,14H2,1-4H3,(H,15,18)(H,16,17). The van der Waals surface area contributed by atoms with Gasteiger partial charge in [-0.1, -0.05) is 11.3 Å². The molecule has 0 aliphatic rings. The summed E-state index contributed by atoms with van der Waals surface area (Å²) in [6, 6.07) is 0. The minimum Gasteiger partial charge on any atom is -0.382 e. The van der Waals surface area contributed by atoms with Gasteiger partial charge < -0.3 is 16.4 Å². The Morgan fingerprint density at radius 2 is 2.10 bits per heavy atom. The van der Waals surface area contributed by atoms with Gasteiger partial charge in [0.05, 0.1) is 0 Å². The van der Waals surface area contributed by atoms with Gasteiger partial charge in [-0.05, 0) is 45.6 Å². The predicted molar refractivity (Wildman–Crippen MR) is 89.9 cm³/mol. The van der Waals surface area contributed by atoms with Gasteiger partial charge >= 0.3 is 0 Å². The molecule has 0 aliphatic carbocycles. The molecule has 0 fully saturated rings. The molecular formula is C13H24N4OS2. The van der Waals surface area contributed by atoms with Crippen LogP contribution in [0.3, 0.4) is 0 Å². The number of hydrogen-bond donors (Lipinski definition) is 3. The first-order chi connectivity index (χ1) is 9.33. The van der Waals surface area contributed by atoms with Gasteiger partial charge in [0.15, 0.2) is 5.13 Å². The van der Waals surface area contributed by atoms with Crippen molar-refractivity contribution in [1.82, 2.24) is 10.3 Å². The number of nitrogens with one attached hydrogen (secondary N) is 2. The minimum absolute atomic E-state index is 0.101. The normalized spacial score (nSPS) is 11.4. The van der Waals surface area contributed by atoms with Gasteiger partial charge in [0, 0.05) is 12.1 Å². The number of aromatic nitrogens is 1. The topological polar surface area (TPSA) is 80.0 Å². The van der Waals surface area contributed by atoms with Crippen LogP contribution in [0, 0.1) is 0 Å². The fourth-order valence-corrected chi connectivity index (χ4v) is 3.02. The van der Waals surface area contributed by atoms with Crippen LogP contribution in [0.25, 0.3) is 0 Å². The predicted octanol–water partition coefficient (Wildman–Crippen LogP) is 2.81. The molecule has 0 aromatic carbocycles. The van der Waals surface area contributed by atoms with Crippen molar-refractivity contribution >= 4 is 40.0 Å². The largest absolute Gasteiger partial charge is 0.382 e. The number of hydrogen-bond acceptors (Lipinski definition) is 6. The number of anilines is 2. The Labute approximate surface area is 129 Å². The number of nitrogens with two attached hydrogens (primary N) is 1. The average Bonchev–Trinajstić information content (AvgIpc) is 2.67. The van der Waals surface area contributed by atoms with Gasteiger partial charge in [0.1, 0.15) is 10.7 Å². The van der Waals surface area contributed by atoms with E-state index in [9.17, 15) is 4.79 Å². The molecule has 20 heavy (non-hydrogen) atoms. The van der Waals surface area contributed by atoms with Crippen LogP contribution in [0.4, 0.5) is 10.9 Å². The van der Waals surface area contributed by atoms with Crippen LogP contribution in [-0.2, 0) is 0 Å². The van der Waals surface area contributed by atoms with E-state index in [0.717, 1.165) is 18.6 Å². The van der Waals surface area contributed by atoms with Crippen LogP contribution < -0.4 is 16.4 Å². The fourth-order valence-electron chi connectivity index (χ4n) is 1.52. The zero-order valence-electron chi connectivity index (χ0n) is 12.6. The van der Waals surface area contributed by atoms with Gasteiger partial charge in [-0.25, -0.2) is 4.98 Å². The molecule has 0 saturated carbocycles. The highest BCUT2D eigenvalue weighted by Crippen LogP contribution is 2.27. The molecule has 5 nitrogen and oxygen atoms in total. The SMILES string of the molecule is CSCCCCNC(=O)c1sc(NC(C)(C)C)nc1N. The number of nitrogen functional groups attached to an aromatic ring is 1. The number of rotatable bonds is 7. The number of thioether (sulfide) groups is 1. The van der Waals surface area contributed by atoms with E-state index in [2.05, 4.69) is 21.9 Å². The molecule has 7 heteroatoms. The summed E-state index contributed by atoms with van der Waals surface area (Å²) in [6.45, 7) is 6.79. The van der Waals surface area contributed by atoms with Crippen molar-refractivity contribution in [3.63, 3.8) is 0 Å². The Bertz CT molecular complexity index is 440. The summed E-state index contributed by atoms with van der Waals surface area (Å²) in [5, 5.41) is 6.80. The van der Waals surface area contributed by atoms with Gasteiger partial charge in [-0.15, -0.1) is 0 Å². The van der Waals surface area contributed by atoms with Crippen LogP contribution in [0.2, 0.25) is 0 Å². The molecule has 1 aromatic heterocycles. The molecule has 0 atom stereocenters. The monoisotopic (exact) mass is 316 g/mol. The van der Waals surface area contributed by atoms with E-state index in [0.29, 0.717) is 22.4 Å². The second-order valence-corrected chi connectivity index (χ2v) is 7.55. The molecule has 114 valence electrons. The Balaban J connectivity index is 2.51. The Morgan fingerprint density at radius 1 is 1.40 bits per heavy atom. The number of unbranched alkanes of at least 4 members (excludes halogenated alkanes) is 1. The minimum atomic E-state index is -0.133. The molecule has 0 bridgehead atoms. The van der Waals surface area contributed by atoms with Crippen molar-refractivity contribution in [3.8, 4) is 0 Å². The zero-order chi connectivity index (χ0) is 15.2. The number of nitrogens with zero attached hydrogens (tertiary/aromatic N) is 1. The quantitative estimate of drug-likeness (QED) is 0.674. The lowest BCUT2D eigenvalue weighted by Gasteiger charge is -2.19. The zero-order valence-corrected chi connectivity index (χ0v) is 14.2. The summed E-state index contributed by atoms with van der Waals surface area (Å²) < 4.78 is 0. The third kappa shape index (κ3) is 6.00. The fraction of sp³-hybridized carbons (Fsp3) is 0.692. The molecular weight excluding hydrogens is 292 g/mol. The molecule has 0 aliphatic heterocycles. The van der Waals surface area contributed by atoms with Crippen LogP contribution in [0.1, 0.15) is 43.3 Å². The number of carbonyl (C=O) groups excluding carboxylic acids is 1. The third-order valence-corrected chi connectivity index (χ3v) is 4.08. The van der Waals surface area contributed by atoms with Crippen LogP contribution in [-0.4, -0.2) is 35.0 Å². The first-order valence-electron chi connectivity index (χ1n) is 6.65. The van der Waals surface area contributed by atoms with Gasteiger partial charge in [-0.3, -0.25) is 4.79 Å². The van der Waals surface area contributed by atoms with E-state index in [1.807, 2.05) is 32.5 Å². The Kier molecular flexibility index (Phi) is 6.61. The van der Waals surface area contributed by atoms with Crippen molar-refractivity contribution in [2.24, 2.45) is 0 Å². The molecule has 0 spiro atoms. The molecule has 0 radical (unpaired) electrons. The third-order valence-electron chi connectivity index (χ3n) is 2.40. The molecule has 1 aromatic rings. The maximum atomic E-state index is 12.0. The molecule has 1 amide bonds. The van der Waals surface area contributed by atoms with Crippen LogP contribution in [0.5, 0.6) is 0 Å².